The quantitative estimate of drug-likeness (QED) is 0.748. The number of hydrogen-bond donors (Lipinski definition) is 3. The first-order chi connectivity index (χ1) is 9.03. The molecule has 0 aliphatic rings. The second kappa shape index (κ2) is 5.52. The molecule has 0 amide bonds. The highest BCUT2D eigenvalue weighted by molar-refractivity contribution is 7.89. The van der Waals surface area contributed by atoms with Crippen molar-refractivity contribution >= 4 is 10.0 Å². The second-order valence-corrected chi connectivity index (χ2v) is 5.99. The molecule has 0 aliphatic carbocycles. The predicted octanol–water partition coefficient (Wildman–Crippen LogP) is 0.655. The number of aromatic amines is 1. The Balaban J connectivity index is 2.17. The zero-order valence-electron chi connectivity index (χ0n) is 10.6. The van der Waals surface area contributed by atoms with Crippen molar-refractivity contribution in [2.24, 2.45) is 5.73 Å². The Morgan fingerprint density at radius 1 is 1.42 bits per heavy atom. The molecular weight excluding hydrogens is 264 g/mol. The van der Waals surface area contributed by atoms with Gasteiger partial charge < -0.3 is 5.73 Å². The summed E-state index contributed by atoms with van der Waals surface area (Å²) >= 11 is 0. The average Bonchev–Trinajstić information content (AvgIpc) is 2.89. The number of rotatable bonds is 5. The Hall–Kier alpha value is -1.70. The zero-order chi connectivity index (χ0) is 13.9. The summed E-state index contributed by atoms with van der Waals surface area (Å²) in [6.07, 6.45) is 3.22. The fourth-order valence-electron chi connectivity index (χ4n) is 1.70. The summed E-state index contributed by atoms with van der Waals surface area (Å²) in [5.74, 6) is 0. The molecule has 2 rings (SSSR count). The summed E-state index contributed by atoms with van der Waals surface area (Å²) in [6.45, 7) is 2.45. The Kier molecular flexibility index (Phi) is 3.98. The fourth-order valence-corrected chi connectivity index (χ4v) is 2.80. The highest BCUT2D eigenvalue weighted by Gasteiger charge is 2.14. The van der Waals surface area contributed by atoms with Crippen LogP contribution < -0.4 is 10.5 Å². The number of H-pyrrole nitrogens is 1. The van der Waals surface area contributed by atoms with Gasteiger partial charge in [-0.2, -0.15) is 5.10 Å². The minimum absolute atomic E-state index is 0.205. The van der Waals surface area contributed by atoms with E-state index >= 15 is 0 Å². The number of aryl methyl sites for hydroxylation is 1. The van der Waals surface area contributed by atoms with Crippen molar-refractivity contribution in [3.8, 4) is 0 Å². The van der Waals surface area contributed by atoms with Gasteiger partial charge in [-0.05, 0) is 30.2 Å². The van der Waals surface area contributed by atoms with Gasteiger partial charge in [0, 0.05) is 24.8 Å². The van der Waals surface area contributed by atoms with E-state index in [4.69, 9.17) is 5.73 Å². The van der Waals surface area contributed by atoms with Crippen LogP contribution in [0.15, 0.2) is 35.5 Å². The second-order valence-electron chi connectivity index (χ2n) is 4.22. The van der Waals surface area contributed by atoms with E-state index in [0.717, 1.165) is 16.7 Å². The molecule has 1 aromatic heterocycles. The standard InChI is InChI=1S/C12H16N4O2S/c1-9-4-12(3-2-11(9)5-13)19(17,18)16-8-10-6-14-15-7-10/h2-4,6-7,16H,5,8,13H2,1H3,(H,14,15). The van der Waals surface area contributed by atoms with Crippen LogP contribution in [0.1, 0.15) is 16.7 Å². The monoisotopic (exact) mass is 280 g/mol. The number of nitrogens with two attached hydrogens (primary N) is 1. The van der Waals surface area contributed by atoms with Gasteiger partial charge in [-0.1, -0.05) is 6.07 Å². The normalized spacial score (nSPS) is 11.7. The maximum atomic E-state index is 12.1. The summed E-state index contributed by atoms with van der Waals surface area (Å²) in [5.41, 5.74) is 8.14. The van der Waals surface area contributed by atoms with Gasteiger partial charge in [-0.25, -0.2) is 13.1 Å². The predicted molar refractivity (Wildman–Crippen MR) is 71.7 cm³/mol. The molecule has 0 aliphatic heterocycles. The van der Waals surface area contributed by atoms with Gasteiger partial charge in [0.1, 0.15) is 0 Å². The van der Waals surface area contributed by atoms with Crippen molar-refractivity contribution in [3.05, 3.63) is 47.3 Å². The third kappa shape index (κ3) is 3.19. The van der Waals surface area contributed by atoms with Crippen LogP contribution in [0.25, 0.3) is 0 Å². The maximum Gasteiger partial charge on any atom is 0.240 e. The van der Waals surface area contributed by atoms with Crippen molar-refractivity contribution in [1.82, 2.24) is 14.9 Å². The molecule has 0 spiro atoms. The molecule has 2 aromatic rings. The molecule has 0 saturated heterocycles. The number of benzene rings is 1. The van der Waals surface area contributed by atoms with Gasteiger partial charge in [-0.3, -0.25) is 5.10 Å². The topological polar surface area (TPSA) is 101 Å². The van der Waals surface area contributed by atoms with Crippen LogP contribution >= 0.6 is 0 Å². The molecule has 1 aromatic carbocycles. The lowest BCUT2D eigenvalue weighted by atomic mass is 10.1. The highest BCUT2D eigenvalue weighted by Crippen LogP contribution is 2.15. The molecular formula is C12H16N4O2S. The molecule has 0 fully saturated rings. The van der Waals surface area contributed by atoms with Gasteiger partial charge in [0.2, 0.25) is 10.0 Å². The van der Waals surface area contributed by atoms with Gasteiger partial charge in [0.05, 0.1) is 11.1 Å². The maximum absolute atomic E-state index is 12.1. The zero-order valence-corrected chi connectivity index (χ0v) is 11.4. The van der Waals surface area contributed by atoms with Gasteiger partial charge in [0.25, 0.3) is 0 Å². The summed E-state index contributed by atoms with van der Waals surface area (Å²) in [6, 6.07) is 4.93. The lowest BCUT2D eigenvalue weighted by Gasteiger charge is -2.08. The number of nitrogens with one attached hydrogen (secondary N) is 2. The summed E-state index contributed by atoms with van der Waals surface area (Å²) in [5, 5.41) is 6.39. The van der Waals surface area contributed by atoms with E-state index < -0.39 is 10.0 Å². The lowest BCUT2D eigenvalue weighted by molar-refractivity contribution is 0.581. The van der Waals surface area contributed by atoms with Crippen LogP contribution in [-0.2, 0) is 23.1 Å². The molecule has 0 unspecified atom stereocenters. The first kappa shape index (κ1) is 13.7. The van der Waals surface area contributed by atoms with Crippen LogP contribution in [0, 0.1) is 6.92 Å². The van der Waals surface area contributed by atoms with E-state index in [0.29, 0.717) is 6.54 Å². The van der Waals surface area contributed by atoms with E-state index in [1.165, 1.54) is 0 Å². The number of aromatic nitrogens is 2. The van der Waals surface area contributed by atoms with Crippen molar-refractivity contribution in [1.29, 1.82) is 0 Å². The molecule has 0 radical (unpaired) electrons. The molecule has 0 bridgehead atoms. The lowest BCUT2D eigenvalue weighted by Crippen LogP contribution is -2.23. The Bertz CT molecular complexity index is 650. The van der Waals surface area contributed by atoms with Crippen LogP contribution in [0.2, 0.25) is 0 Å². The third-order valence-corrected chi connectivity index (χ3v) is 4.26. The van der Waals surface area contributed by atoms with E-state index in [1.54, 1.807) is 30.6 Å². The van der Waals surface area contributed by atoms with Crippen LogP contribution in [0.4, 0.5) is 0 Å². The van der Waals surface area contributed by atoms with E-state index in [2.05, 4.69) is 14.9 Å². The van der Waals surface area contributed by atoms with E-state index in [9.17, 15) is 8.42 Å². The molecule has 7 heteroatoms. The van der Waals surface area contributed by atoms with Gasteiger partial charge in [-0.15, -0.1) is 0 Å². The minimum atomic E-state index is -3.52. The first-order valence-electron chi connectivity index (χ1n) is 5.80. The molecule has 0 atom stereocenters. The molecule has 1 heterocycles. The first-order valence-corrected chi connectivity index (χ1v) is 7.28. The minimum Gasteiger partial charge on any atom is -0.326 e. The SMILES string of the molecule is Cc1cc(S(=O)(=O)NCc2cn[nH]c2)ccc1CN. The summed E-state index contributed by atoms with van der Waals surface area (Å²) in [7, 11) is -3.52. The average molecular weight is 280 g/mol. The Morgan fingerprint density at radius 2 is 2.21 bits per heavy atom. The van der Waals surface area contributed by atoms with Crippen LogP contribution in [0.5, 0.6) is 0 Å². The molecule has 4 N–H and O–H groups in total. The smallest absolute Gasteiger partial charge is 0.240 e. The Morgan fingerprint density at radius 3 is 2.79 bits per heavy atom. The molecule has 6 nitrogen and oxygen atoms in total. The number of sulfonamides is 1. The van der Waals surface area contributed by atoms with Crippen LogP contribution in [-0.4, -0.2) is 18.6 Å². The third-order valence-electron chi connectivity index (χ3n) is 2.87. The molecule has 0 saturated carbocycles. The number of nitrogens with zero attached hydrogens (tertiary/aromatic N) is 1. The van der Waals surface area contributed by atoms with Crippen molar-refractivity contribution < 1.29 is 8.42 Å². The summed E-state index contributed by atoms with van der Waals surface area (Å²) in [4.78, 5) is 0.241. The highest BCUT2D eigenvalue weighted by atomic mass is 32.2. The molecule has 102 valence electrons. The van der Waals surface area contributed by atoms with Crippen LogP contribution in [0.3, 0.4) is 0 Å². The fraction of sp³-hybridized carbons (Fsp3) is 0.250. The van der Waals surface area contributed by atoms with E-state index in [-0.39, 0.29) is 11.4 Å². The molecule has 19 heavy (non-hydrogen) atoms. The van der Waals surface area contributed by atoms with E-state index in [1.807, 2.05) is 6.92 Å². The number of hydrogen-bond acceptors (Lipinski definition) is 4. The Labute approximate surface area is 112 Å². The van der Waals surface area contributed by atoms with Crippen molar-refractivity contribution in [2.45, 2.75) is 24.9 Å². The van der Waals surface area contributed by atoms with Crippen molar-refractivity contribution in [3.63, 3.8) is 0 Å². The van der Waals surface area contributed by atoms with Gasteiger partial charge >= 0.3 is 0 Å². The van der Waals surface area contributed by atoms with Crippen molar-refractivity contribution in [2.75, 3.05) is 0 Å². The van der Waals surface area contributed by atoms with Gasteiger partial charge in [0.15, 0.2) is 0 Å². The summed E-state index contributed by atoms with van der Waals surface area (Å²) < 4.78 is 26.7. The largest absolute Gasteiger partial charge is 0.326 e.